The second-order valence-electron chi connectivity index (χ2n) is 12.5. The van der Waals surface area contributed by atoms with E-state index in [4.69, 9.17) is 0 Å². The van der Waals surface area contributed by atoms with Gasteiger partial charge in [-0.25, -0.2) is 0 Å². The summed E-state index contributed by atoms with van der Waals surface area (Å²) >= 11 is 0. The molecule has 0 spiro atoms. The maximum Gasteiger partial charge on any atom is 0.245 e. The summed E-state index contributed by atoms with van der Waals surface area (Å²) in [4.78, 5) is 81.2. The van der Waals surface area contributed by atoms with E-state index in [0.29, 0.717) is 29.4 Å². The van der Waals surface area contributed by atoms with Gasteiger partial charge in [0.15, 0.2) is 0 Å². The SMILES string of the molecule is CC(=O)N[C@@H](CCC(=O)N(C)C)C(=O)N[C@H](Cc1cn(C=O)c2ccccc12)C(=O)N[C@@H](Cc1ccccc1)C(=O)N(C)Cc1ccccc1. The lowest BCUT2D eigenvalue weighted by atomic mass is 10.0. The van der Waals surface area contributed by atoms with Gasteiger partial charge in [0, 0.05) is 65.5 Å². The monoisotopic (exact) mass is 680 g/mol. The zero-order valence-corrected chi connectivity index (χ0v) is 28.8. The Hall–Kier alpha value is -5.78. The van der Waals surface area contributed by atoms with Crippen LogP contribution < -0.4 is 16.0 Å². The molecule has 0 unspecified atom stereocenters. The van der Waals surface area contributed by atoms with E-state index in [1.165, 1.54) is 16.4 Å². The summed E-state index contributed by atoms with van der Waals surface area (Å²) in [5, 5.41) is 8.98. The van der Waals surface area contributed by atoms with E-state index in [9.17, 15) is 28.8 Å². The van der Waals surface area contributed by atoms with Gasteiger partial charge in [0.25, 0.3) is 0 Å². The van der Waals surface area contributed by atoms with E-state index in [2.05, 4.69) is 16.0 Å². The Kier molecular flexibility index (Phi) is 13.0. The standard InChI is InChI=1S/C38H44N6O6/c1-26(46)39-31(19-20-35(47)42(2)3)36(48)40-32(22-29-24-44(25-45)34-18-12-11-17-30(29)34)37(49)41-33(21-27-13-7-5-8-14-27)38(50)43(4)23-28-15-9-6-10-16-28/h5-18,24-25,31-33H,19-23H2,1-4H3,(H,39,46)(H,40,48)(H,41,49)/t31-,32+,33-/m0/s1. The van der Waals surface area contributed by atoms with Gasteiger partial charge in [0.2, 0.25) is 35.9 Å². The molecule has 0 bridgehead atoms. The van der Waals surface area contributed by atoms with Crippen LogP contribution in [-0.4, -0.2) is 89.6 Å². The third-order valence-corrected chi connectivity index (χ3v) is 8.37. The Labute approximate surface area is 291 Å². The lowest BCUT2D eigenvalue weighted by Gasteiger charge is -2.28. The molecule has 3 atom stereocenters. The van der Waals surface area contributed by atoms with Crippen molar-refractivity contribution in [2.24, 2.45) is 0 Å². The van der Waals surface area contributed by atoms with Gasteiger partial charge in [0.05, 0.1) is 5.52 Å². The first kappa shape index (κ1) is 37.0. The van der Waals surface area contributed by atoms with E-state index in [1.807, 2.05) is 66.7 Å². The molecule has 4 aromatic rings. The number of carbonyl (C=O) groups excluding carboxylic acids is 6. The summed E-state index contributed by atoms with van der Waals surface area (Å²) in [6.45, 7) is 1.58. The third kappa shape index (κ3) is 10.1. The number of aromatic nitrogens is 1. The Balaban J connectivity index is 1.66. The van der Waals surface area contributed by atoms with E-state index < -0.39 is 35.8 Å². The van der Waals surface area contributed by atoms with E-state index in [0.717, 1.165) is 11.1 Å². The van der Waals surface area contributed by atoms with Gasteiger partial charge in [-0.3, -0.25) is 33.3 Å². The quantitative estimate of drug-likeness (QED) is 0.155. The van der Waals surface area contributed by atoms with Gasteiger partial charge in [-0.2, -0.15) is 0 Å². The summed E-state index contributed by atoms with van der Waals surface area (Å²) in [6.07, 6.45) is 2.40. The Morgan fingerprint density at radius 2 is 1.30 bits per heavy atom. The second-order valence-corrected chi connectivity index (χ2v) is 12.5. The van der Waals surface area contributed by atoms with Crippen LogP contribution in [0.1, 0.15) is 36.5 Å². The van der Waals surface area contributed by atoms with Crippen molar-refractivity contribution in [2.75, 3.05) is 21.1 Å². The molecular formula is C38H44N6O6. The Morgan fingerprint density at radius 3 is 1.92 bits per heavy atom. The van der Waals surface area contributed by atoms with Crippen molar-refractivity contribution in [1.29, 1.82) is 0 Å². The summed E-state index contributed by atoms with van der Waals surface area (Å²) < 4.78 is 1.40. The molecule has 0 aliphatic heterocycles. The van der Waals surface area contributed by atoms with Crippen LogP contribution in [0.2, 0.25) is 0 Å². The maximum absolute atomic E-state index is 14.3. The van der Waals surface area contributed by atoms with E-state index in [1.54, 1.807) is 50.4 Å². The van der Waals surface area contributed by atoms with Crippen molar-refractivity contribution in [3.05, 3.63) is 108 Å². The molecule has 5 amide bonds. The van der Waals surface area contributed by atoms with Gasteiger partial charge in [-0.1, -0.05) is 78.9 Å². The highest BCUT2D eigenvalue weighted by Gasteiger charge is 2.32. The van der Waals surface area contributed by atoms with Crippen LogP contribution in [0.3, 0.4) is 0 Å². The van der Waals surface area contributed by atoms with Crippen molar-refractivity contribution < 1.29 is 28.8 Å². The number of nitrogens with one attached hydrogen (secondary N) is 3. The highest BCUT2D eigenvalue weighted by molar-refractivity contribution is 5.95. The number of carbonyl (C=O) groups is 6. The highest BCUT2D eigenvalue weighted by Crippen LogP contribution is 2.22. The lowest BCUT2D eigenvalue weighted by molar-refractivity contribution is -0.137. The number of hydrogen-bond acceptors (Lipinski definition) is 6. The first-order valence-corrected chi connectivity index (χ1v) is 16.4. The van der Waals surface area contributed by atoms with Crippen LogP contribution in [0.25, 0.3) is 10.9 Å². The average molecular weight is 681 g/mol. The highest BCUT2D eigenvalue weighted by atomic mass is 16.2. The number of rotatable bonds is 16. The molecule has 1 heterocycles. The van der Waals surface area contributed by atoms with Crippen molar-refractivity contribution in [3.63, 3.8) is 0 Å². The van der Waals surface area contributed by atoms with Gasteiger partial charge < -0.3 is 25.8 Å². The second kappa shape index (κ2) is 17.6. The largest absolute Gasteiger partial charge is 0.349 e. The summed E-state index contributed by atoms with van der Waals surface area (Å²) in [5.74, 6) is -2.33. The minimum atomic E-state index is -1.22. The average Bonchev–Trinajstić information content (AvgIpc) is 3.46. The molecule has 3 aromatic carbocycles. The first-order valence-electron chi connectivity index (χ1n) is 16.4. The van der Waals surface area contributed by atoms with Gasteiger partial charge in [-0.05, 0) is 29.2 Å². The van der Waals surface area contributed by atoms with Crippen LogP contribution in [0.15, 0.2) is 91.1 Å². The molecule has 50 heavy (non-hydrogen) atoms. The topological polar surface area (TPSA) is 150 Å². The van der Waals surface area contributed by atoms with Gasteiger partial charge in [-0.15, -0.1) is 0 Å². The number of hydrogen-bond donors (Lipinski definition) is 3. The number of likely N-dealkylation sites (N-methyl/N-ethyl adjacent to an activating group) is 1. The minimum Gasteiger partial charge on any atom is -0.349 e. The van der Waals surface area contributed by atoms with Crippen molar-refractivity contribution in [2.45, 2.75) is 57.3 Å². The normalized spacial score (nSPS) is 12.6. The molecule has 0 saturated heterocycles. The van der Waals surface area contributed by atoms with Gasteiger partial charge in [0.1, 0.15) is 18.1 Å². The number of benzene rings is 3. The molecule has 0 aliphatic rings. The molecule has 262 valence electrons. The van der Waals surface area contributed by atoms with Crippen molar-refractivity contribution >= 4 is 46.8 Å². The van der Waals surface area contributed by atoms with Crippen LogP contribution in [0, 0.1) is 0 Å². The molecular weight excluding hydrogens is 636 g/mol. The molecule has 12 heteroatoms. The maximum atomic E-state index is 14.3. The first-order chi connectivity index (χ1) is 24.0. The number of fused-ring (bicyclic) bond motifs is 1. The fourth-order valence-electron chi connectivity index (χ4n) is 5.76. The summed E-state index contributed by atoms with van der Waals surface area (Å²) in [5.41, 5.74) is 2.98. The van der Waals surface area contributed by atoms with E-state index in [-0.39, 0.29) is 37.5 Å². The van der Waals surface area contributed by atoms with E-state index >= 15 is 0 Å². The molecule has 12 nitrogen and oxygen atoms in total. The molecule has 4 rings (SSSR count). The predicted octanol–water partition coefficient (Wildman–Crippen LogP) is 2.47. The molecule has 1 aromatic heterocycles. The van der Waals surface area contributed by atoms with Crippen LogP contribution in [-0.2, 0) is 48.2 Å². The number of amides is 5. The molecule has 0 fully saturated rings. The van der Waals surface area contributed by atoms with Crippen molar-refractivity contribution in [3.8, 4) is 0 Å². The van der Waals surface area contributed by atoms with Crippen LogP contribution in [0.4, 0.5) is 0 Å². The van der Waals surface area contributed by atoms with Gasteiger partial charge >= 0.3 is 0 Å². The van der Waals surface area contributed by atoms with Crippen molar-refractivity contribution in [1.82, 2.24) is 30.3 Å². The number of para-hydroxylation sites is 1. The fourth-order valence-corrected chi connectivity index (χ4v) is 5.76. The third-order valence-electron chi connectivity index (χ3n) is 8.37. The smallest absolute Gasteiger partial charge is 0.245 e. The molecule has 0 radical (unpaired) electrons. The Bertz CT molecular complexity index is 1810. The molecule has 0 saturated carbocycles. The summed E-state index contributed by atoms with van der Waals surface area (Å²) in [7, 11) is 4.85. The minimum absolute atomic E-state index is 0.000609. The van der Waals surface area contributed by atoms with Crippen LogP contribution >= 0.6 is 0 Å². The zero-order valence-electron chi connectivity index (χ0n) is 28.8. The zero-order chi connectivity index (χ0) is 36.2. The predicted molar refractivity (Wildman–Crippen MR) is 190 cm³/mol. The molecule has 3 N–H and O–H groups in total. The fraction of sp³-hybridized carbons (Fsp3) is 0.316. The lowest BCUT2D eigenvalue weighted by Crippen LogP contribution is -2.57. The Morgan fingerprint density at radius 1 is 0.720 bits per heavy atom. The number of nitrogens with zero attached hydrogens (tertiary/aromatic N) is 3. The molecule has 0 aliphatic carbocycles. The van der Waals surface area contributed by atoms with Crippen LogP contribution in [0.5, 0.6) is 0 Å². The summed E-state index contributed by atoms with van der Waals surface area (Å²) in [6, 6.07) is 22.6.